The lowest BCUT2D eigenvalue weighted by atomic mass is 10.1. The summed E-state index contributed by atoms with van der Waals surface area (Å²) < 4.78 is 34.6. The van der Waals surface area contributed by atoms with Gasteiger partial charge in [0.25, 0.3) is 5.91 Å². The molecule has 0 aliphatic carbocycles. The van der Waals surface area contributed by atoms with Gasteiger partial charge >= 0.3 is 11.8 Å². The molecule has 2 amide bonds. The van der Waals surface area contributed by atoms with Crippen LogP contribution in [0.3, 0.4) is 0 Å². The standard InChI is InChI=1S/C21H24FN3O8/c1-21(2,3)33-20(27)24-14-9-11(7-8-13(14)22)23-19(26)12-10-15(30-4)17(31-5)18(32-6)16(12)25(28)29/h7-10H,1-6H3,(H,23,26)(H,24,27). The van der Waals surface area contributed by atoms with E-state index in [1.54, 1.807) is 20.8 Å². The Morgan fingerprint density at radius 1 is 1.00 bits per heavy atom. The van der Waals surface area contributed by atoms with Crippen LogP contribution < -0.4 is 24.8 Å². The third-order valence-corrected chi connectivity index (χ3v) is 4.09. The second kappa shape index (κ2) is 10.0. The van der Waals surface area contributed by atoms with Crippen LogP contribution >= 0.6 is 0 Å². The van der Waals surface area contributed by atoms with Crippen molar-refractivity contribution in [2.75, 3.05) is 32.0 Å². The third kappa shape index (κ3) is 5.99. The van der Waals surface area contributed by atoms with Crippen LogP contribution in [0.15, 0.2) is 24.3 Å². The summed E-state index contributed by atoms with van der Waals surface area (Å²) in [7, 11) is 3.74. The van der Waals surface area contributed by atoms with E-state index in [2.05, 4.69) is 10.6 Å². The van der Waals surface area contributed by atoms with Crippen molar-refractivity contribution in [2.24, 2.45) is 0 Å². The fraction of sp³-hybridized carbons (Fsp3) is 0.333. The van der Waals surface area contributed by atoms with Crippen LogP contribution in [-0.4, -0.2) is 43.9 Å². The number of anilines is 2. The molecule has 0 saturated heterocycles. The van der Waals surface area contributed by atoms with Crippen molar-refractivity contribution < 1.29 is 37.9 Å². The topological polar surface area (TPSA) is 138 Å². The molecule has 0 atom stereocenters. The number of nitrogens with zero attached hydrogens (tertiary/aromatic N) is 1. The van der Waals surface area contributed by atoms with Gasteiger partial charge in [0.1, 0.15) is 17.0 Å². The largest absolute Gasteiger partial charge is 0.493 e. The zero-order chi connectivity index (χ0) is 24.9. The summed E-state index contributed by atoms with van der Waals surface area (Å²) in [5.41, 5.74) is -2.06. The molecule has 178 valence electrons. The van der Waals surface area contributed by atoms with Crippen molar-refractivity contribution in [1.29, 1.82) is 0 Å². The monoisotopic (exact) mass is 465 g/mol. The molecule has 11 nitrogen and oxygen atoms in total. The van der Waals surface area contributed by atoms with Crippen molar-refractivity contribution >= 4 is 29.1 Å². The number of rotatable bonds is 7. The van der Waals surface area contributed by atoms with Gasteiger partial charge in [-0.1, -0.05) is 0 Å². The molecule has 0 radical (unpaired) electrons. The number of nitro benzene ring substituents is 1. The Kier molecular flexibility index (Phi) is 7.64. The molecule has 0 aromatic heterocycles. The molecule has 0 spiro atoms. The molecule has 2 aromatic rings. The quantitative estimate of drug-likeness (QED) is 0.454. The second-order valence-corrected chi connectivity index (χ2v) is 7.57. The number of nitrogens with one attached hydrogen (secondary N) is 2. The molecule has 2 rings (SSSR count). The zero-order valence-electron chi connectivity index (χ0n) is 18.9. The van der Waals surface area contributed by atoms with E-state index in [4.69, 9.17) is 18.9 Å². The number of nitro groups is 1. The summed E-state index contributed by atoms with van der Waals surface area (Å²) in [6.45, 7) is 4.93. The maximum absolute atomic E-state index is 14.2. The van der Waals surface area contributed by atoms with Crippen LogP contribution in [0.1, 0.15) is 31.1 Å². The van der Waals surface area contributed by atoms with Crippen LogP contribution in [0.25, 0.3) is 0 Å². The first-order valence-corrected chi connectivity index (χ1v) is 9.50. The highest BCUT2D eigenvalue weighted by Crippen LogP contribution is 2.46. The summed E-state index contributed by atoms with van der Waals surface area (Å²) in [5.74, 6) is -2.03. The Balaban J connectivity index is 2.42. The van der Waals surface area contributed by atoms with Crippen LogP contribution in [-0.2, 0) is 4.74 Å². The Hall–Kier alpha value is -4.09. The summed E-state index contributed by atoms with van der Waals surface area (Å²) >= 11 is 0. The van der Waals surface area contributed by atoms with E-state index in [0.29, 0.717) is 0 Å². The molecule has 0 aliphatic heterocycles. The van der Waals surface area contributed by atoms with Crippen molar-refractivity contribution in [3.63, 3.8) is 0 Å². The summed E-state index contributed by atoms with van der Waals surface area (Å²) in [5, 5.41) is 16.4. The summed E-state index contributed by atoms with van der Waals surface area (Å²) in [6, 6.07) is 4.49. The van der Waals surface area contributed by atoms with Crippen LogP contribution in [0.4, 0.5) is 26.2 Å². The number of hydrogen-bond acceptors (Lipinski definition) is 8. The second-order valence-electron chi connectivity index (χ2n) is 7.57. The Morgan fingerprint density at radius 3 is 2.15 bits per heavy atom. The molecule has 0 aliphatic rings. The van der Waals surface area contributed by atoms with E-state index < -0.39 is 34.0 Å². The van der Waals surface area contributed by atoms with Gasteiger partial charge in [0.15, 0.2) is 5.75 Å². The van der Waals surface area contributed by atoms with Crippen LogP contribution in [0.5, 0.6) is 17.2 Å². The molecule has 33 heavy (non-hydrogen) atoms. The number of hydrogen-bond donors (Lipinski definition) is 2. The highest BCUT2D eigenvalue weighted by atomic mass is 19.1. The lowest BCUT2D eigenvalue weighted by Crippen LogP contribution is -2.27. The SMILES string of the molecule is COc1cc(C(=O)Nc2ccc(F)c(NC(=O)OC(C)(C)C)c2)c([N+](=O)[O-])c(OC)c1OC. The Labute approximate surface area is 188 Å². The molecule has 2 aromatic carbocycles. The third-order valence-electron chi connectivity index (χ3n) is 4.09. The molecular weight excluding hydrogens is 441 g/mol. The molecule has 0 bridgehead atoms. The zero-order valence-corrected chi connectivity index (χ0v) is 18.9. The predicted molar refractivity (Wildman–Crippen MR) is 117 cm³/mol. The number of amides is 2. The first kappa shape index (κ1) is 25.2. The molecule has 12 heteroatoms. The van der Waals surface area contributed by atoms with Gasteiger partial charge in [-0.15, -0.1) is 0 Å². The first-order chi connectivity index (χ1) is 15.4. The number of ether oxygens (including phenoxy) is 4. The van der Waals surface area contributed by atoms with E-state index in [0.717, 1.165) is 18.2 Å². The number of benzene rings is 2. The van der Waals surface area contributed by atoms with E-state index in [1.807, 2.05) is 0 Å². The number of halogens is 1. The Bertz CT molecular complexity index is 1080. The van der Waals surface area contributed by atoms with Crippen molar-refractivity contribution in [2.45, 2.75) is 26.4 Å². The lowest BCUT2D eigenvalue weighted by Gasteiger charge is -2.20. The highest BCUT2D eigenvalue weighted by Gasteiger charge is 2.32. The van der Waals surface area contributed by atoms with Crippen LogP contribution in [0.2, 0.25) is 0 Å². The van der Waals surface area contributed by atoms with Crippen molar-refractivity contribution in [3.8, 4) is 17.2 Å². The molecule has 0 heterocycles. The predicted octanol–water partition coefficient (Wildman–Crippen LogP) is 4.36. The fourth-order valence-electron chi connectivity index (χ4n) is 2.81. The minimum Gasteiger partial charge on any atom is -0.493 e. The van der Waals surface area contributed by atoms with Crippen LogP contribution in [0, 0.1) is 15.9 Å². The number of carbonyl (C=O) groups excluding carboxylic acids is 2. The van der Waals surface area contributed by atoms with Crippen molar-refractivity contribution in [3.05, 3.63) is 45.8 Å². The highest BCUT2D eigenvalue weighted by molar-refractivity contribution is 6.09. The van der Waals surface area contributed by atoms with Gasteiger partial charge in [-0.3, -0.25) is 20.2 Å². The van der Waals surface area contributed by atoms with Crippen molar-refractivity contribution in [1.82, 2.24) is 0 Å². The number of carbonyl (C=O) groups is 2. The Morgan fingerprint density at radius 2 is 1.64 bits per heavy atom. The molecule has 2 N–H and O–H groups in total. The minimum atomic E-state index is -0.907. The van der Waals surface area contributed by atoms with Gasteiger partial charge in [0.2, 0.25) is 11.5 Å². The molecular formula is C21H24FN3O8. The van der Waals surface area contributed by atoms with E-state index in [1.165, 1.54) is 27.4 Å². The number of methoxy groups -OCH3 is 3. The normalized spacial score (nSPS) is 10.8. The molecule has 0 saturated carbocycles. The van der Waals surface area contributed by atoms with Gasteiger partial charge in [0, 0.05) is 11.8 Å². The van der Waals surface area contributed by atoms with Gasteiger partial charge < -0.3 is 24.3 Å². The summed E-state index contributed by atoms with van der Waals surface area (Å²) in [6.07, 6.45) is -0.898. The van der Waals surface area contributed by atoms with E-state index in [9.17, 15) is 24.1 Å². The maximum atomic E-state index is 14.2. The van der Waals surface area contributed by atoms with Gasteiger partial charge in [-0.05, 0) is 39.0 Å². The average Bonchev–Trinajstić information content (AvgIpc) is 2.72. The summed E-state index contributed by atoms with van der Waals surface area (Å²) in [4.78, 5) is 35.8. The van der Waals surface area contributed by atoms with Gasteiger partial charge in [-0.25, -0.2) is 9.18 Å². The average molecular weight is 465 g/mol. The van der Waals surface area contributed by atoms with Gasteiger partial charge in [0.05, 0.1) is 31.9 Å². The van der Waals surface area contributed by atoms with E-state index in [-0.39, 0.29) is 34.2 Å². The smallest absolute Gasteiger partial charge is 0.412 e. The molecule has 0 unspecified atom stereocenters. The maximum Gasteiger partial charge on any atom is 0.412 e. The first-order valence-electron chi connectivity index (χ1n) is 9.50. The molecule has 0 fully saturated rings. The minimum absolute atomic E-state index is 0.0245. The van der Waals surface area contributed by atoms with Gasteiger partial charge in [-0.2, -0.15) is 0 Å². The fourth-order valence-corrected chi connectivity index (χ4v) is 2.81. The van der Waals surface area contributed by atoms with E-state index >= 15 is 0 Å². The lowest BCUT2D eigenvalue weighted by molar-refractivity contribution is -0.386.